The van der Waals surface area contributed by atoms with Gasteiger partial charge in [0.1, 0.15) is 0 Å². The van der Waals surface area contributed by atoms with Gasteiger partial charge in [0.15, 0.2) is 5.56 Å². The van der Waals surface area contributed by atoms with Crippen LogP contribution in [-0.2, 0) is 28.6 Å². The van der Waals surface area contributed by atoms with Crippen LogP contribution >= 0.6 is 34.8 Å². The van der Waals surface area contributed by atoms with Gasteiger partial charge in [0.2, 0.25) is 5.91 Å². The number of ether oxygens (including phenoxy) is 3. The lowest BCUT2D eigenvalue weighted by molar-refractivity contribution is -0.137. The number of carbonyl (C=O) groups excluding carboxylic acids is 4. The maximum absolute atomic E-state index is 13.8. The monoisotopic (exact) mass is 710 g/mol. The van der Waals surface area contributed by atoms with Gasteiger partial charge in [-0.3, -0.25) is 9.69 Å². The predicted molar refractivity (Wildman–Crippen MR) is 177 cm³/mol. The van der Waals surface area contributed by atoms with E-state index in [-0.39, 0.29) is 39.6 Å². The average molecular weight is 712 g/mol. The van der Waals surface area contributed by atoms with Crippen molar-refractivity contribution in [3.8, 4) is 0 Å². The fraction of sp³-hybridized carbons (Fsp3) is 0.576. The summed E-state index contributed by atoms with van der Waals surface area (Å²) in [5, 5.41) is 3.64. The van der Waals surface area contributed by atoms with E-state index in [4.69, 9.17) is 49.0 Å². The zero-order valence-corrected chi connectivity index (χ0v) is 29.3. The van der Waals surface area contributed by atoms with Gasteiger partial charge in [0, 0.05) is 72.3 Å². The summed E-state index contributed by atoms with van der Waals surface area (Å²) in [6, 6.07) is 5.25. The first-order valence-electron chi connectivity index (χ1n) is 15.9. The number of alkyl halides is 1. The van der Waals surface area contributed by atoms with E-state index in [9.17, 15) is 19.2 Å². The van der Waals surface area contributed by atoms with Crippen molar-refractivity contribution in [3.63, 3.8) is 0 Å². The minimum absolute atomic E-state index is 0.0714. The summed E-state index contributed by atoms with van der Waals surface area (Å²) >= 11 is 19.1. The first kappa shape index (κ1) is 35.3. The van der Waals surface area contributed by atoms with Gasteiger partial charge in [-0.1, -0.05) is 47.3 Å². The van der Waals surface area contributed by atoms with Crippen LogP contribution in [0.4, 0.5) is 4.79 Å². The summed E-state index contributed by atoms with van der Waals surface area (Å²) < 4.78 is 15.5. The van der Waals surface area contributed by atoms with E-state index in [1.807, 2.05) is 0 Å². The van der Waals surface area contributed by atoms with Crippen LogP contribution in [0, 0.1) is 11.8 Å². The highest BCUT2D eigenvalue weighted by atomic mass is 35.5. The van der Waals surface area contributed by atoms with Gasteiger partial charge in [-0.2, -0.15) is 0 Å². The van der Waals surface area contributed by atoms with Crippen molar-refractivity contribution in [1.29, 1.82) is 0 Å². The molecule has 0 aromatic heterocycles. The number of piperazine rings is 1. The molecule has 14 heteroatoms. The van der Waals surface area contributed by atoms with Gasteiger partial charge in [-0.05, 0) is 50.7 Å². The number of likely N-dealkylation sites (tertiary alicyclic amines) is 1. The third-order valence-electron chi connectivity index (χ3n) is 9.71. The van der Waals surface area contributed by atoms with Crippen molar-refractivity contribution in [3.05, 3.63) is 56.3 Å². The van der Waals surface area contributed by atoms with E-state index in [1.165, 1.54) is 14.2 Å². The number of hydrogen-bond acceptors (Lipinski definition) is 9. The Balaban J connectivity index is 1.33. The van der Waals surface area contributed by atoms with Crippen LogP contribution in [0.2, 0.25) is 10.0 Å². The number of benzene rings is 1. The molecule has 3 aliphatic heterocycles. The van der Waals surface area contributed by atoms with Crippen LogP contribution < -0.4 is 5.32 Å². The molecule has 2 amide bonds. The largest absolute Gasteiger partial charge is 0.466 e. The second kappa shape index (κ2) is 15.1. The zero-order valence-electron chi connectivity index (χ0n) is 27.0. The Morgan fingerprint density at radius 2 is 1.49 bits per heavy atom. The first-order chi connectivity index (χ1) is 22.4. The van der Waals surface area contributed by atoms with Crippen molar-refractivity contribution in [2.75, 3.05) is 53.5 Å². The van der Waals surface area contributed by atoms with Gasteiger partial charge < -0.3 is 29.3 Å². The van der Waals surface area contributed by atoms with Crippen LogP contribution in [0.3, 0.4) is 0 Å². The maximum Gasteiger partial charge on any atom is 0.411 e. The number of amides is 2. The lowest BCUT2D eigenvalue weighted by Crippen LogP contribution is -2.62. The molecule has 3 heterocycles. The molecule has 1 aliphatic carbocycles. The highest BCUT2D eigenvalue weighted by molar-refractivity contribution is 6.36. The lowest BCUT2D eigenvalue weighted by atomic mass is 9.72. The summed E-state index contributed by atoms with van der Waals surface area (Å²) in [5.41, 5.74) is 0.620. The van der Waals surface area contributed by atoms with E-state index >= 15 is 0 Å². The van der Waals surface area contributed by atoms with Crippen LogP contribution in [0.1, 0.15) is 51.0 Å². The highest BCUT2D eigenvalue weighted by Gasteiger charge is 2.45. The van der Waals surface area contributed by atoms with E-state index in [1.54, 1.807) is 41.8 Å². The maximum atomic E-state index is 13.8. The Labute approximate surface area is 290 Å². The molecule has 4 atom stereocenters. The molecule has 1 N–H and O–H groups in total. The van der Waals surface area contributed by atoms with Crippen molar-refractivity contribution in [2.24, 2.45) is 11.8 Å². The molecule has 4 aliphatic rings. The van der Waals surface area contributed by atoms with Crippen LogP contribution in [-0.4, -0.2) is 104 Å². The number of rotatable bonds is 7. The molecular weight excluding hydrogens is 671 g/mol. The summed E-state index contributed by atoms with van der Waals surface area (Å²) in [6.07, 6.45) is 2.72. The fourth-order valence-corrected chi connectivity index (χ4v) is 8.43. The molecule has 11 nitrogen and oxygen atoms in total. The highest BCUT2D eigenvalue weighted by Crippen LogP contribution is 2.45. The van der Waals surface area contributed by atoms with E-state index < -0.39 is 23.4 Å². The van der Waals surface area contributed by atoms with E-state index in [2.05, 4.69) is 10.2 Å². The van der Waals surface area contributed by atoms with E-state index in [0.717, 1.165) is 19.3 Å². The number of fused-ring (bicyclic) bond motifs is 2. The molecular formula is C33H41Cl3N4O7. The number of methoxy groups -OCH3 is 2. The molecule has 5 rings (SSSR count). The molecule has 0 spiro atoms. The molecule has 1 saturated carbocycles. The van der Waals surface area contributed by atoms with Crippen LogP contribution in [0.15, 0.2) is 40.7 Å². The number of esters is 2. The quantitative estimate of drug-likeness (QED) is 0.239. The molecule has 47 heavy (non-hydrogen) atoms. The Morgan fingerprint density at radius 3 is 2.04 bits per heavy atom. The Bertz CT molecular complexity index is 1440. The normalized spacial score (nSPS) is 25.6. The second-order valence-electron chi connectivity index (χ2n) is 12.5. The minimum atomic E-state index is -1.02. The molecule has 0 radical (unpaired) electrons. The van der Waals surface area contributed by atoms with Gasteiger partial charge in [0.05, 0.1) is 37.7 Å². The van der Waals surface area contributed by atoms with Crippen molar-refractivity contribution in [1.82, 2.24) is 20.0 Å². The topological polar surface area (TPSA) is 118 Å². The smallest absolute Gasteiger partial charge is 0.411 e. The first-order valence-corrected chi connectivity index (χ1v) is 17.1. The molecule has 1 aromatic carbocycles. The number of nitrogens with one attached hydrogen (secondary N) is 1. The number of nitrogens with zero attached hydrogens (tertiary/aromatic N) is 3. The number of allylic oxidation sites excluding steroid dienone is 1. The minimum Gasteiger partial charge on any atom is -0.466 e. The Morgan fingerprint density at radius 1 is 0.915 bits per heavy atom. The van der Waals surface area contributed by atoms with Crippen LogP contribution in [0.5, 0.6) is 0 Å². The SMILES string of the molecule is COC(=O)C1=C(C)NC(CC(=O)N2CCN(C3C4CCCC3CN(C(=O)OC(C)Cl)C4)CC2)=C(C(=O)OC)C1c1c(Cl)cccc1Cl. The van der Waals surface area contributed by atoms with E-state index in [0.29, 0.717) is 74.1 Å². The Kier molecular flexibility index (Phi) is 11.3. The van der Waals surface area contributed by atoms with Crippen LogP contribution in [0.25, 0.3) is 0 Å². The van der Waals surface area contributed by atoms with Crippen molar-refractivity contribution in [2.45, 2.75) is 57.1 Å². The third kappa shape index (κ3) is 7.38. The van der Waals surface area contributed by atoms with Gasteiger partial charge >= 0.3 is 18.0 Å². The summed E-state index contributed by atoms with van der Waals surface area (Å²) in [4.78, 5) is 58.9. The van der Waals surface area contributed by atoms with Gasteiger partial charge in [-0.25, -0.2) is 14.4 Å². The average Bonchev–Trinajstić information content (AvgIpc) is 3.03. The standard InChI is InChI=1S/C33H41Cl3N4O7/c1-18-26(31(42)45-3)29(27-22(35)9-6-10-23(27)36)28(32(43)46-4)24(37-18)15-25(41)38-11-13-39(14-12-38)30-20-7-5-8-21(30)17-40(16-20)33(44)47-19(2)34/h6,9-10,19-21,29-30,37H,5,7-8,11-17H2,1-4H3. The fourth-order valence-electron chi connectivity index (χ4n) is 7.74. The molecule has 2 saturated heterocycles. The Hall–Kier alpha value is -2.99. The number of dihydropyridines is 1. The summed E-state index contributed by atoms with van der Waals surface area (Å²) in [7, 11) is 2.49. The predicted octanol–water partition coefficient (Wildman–Crippen LogP) is 4.91. The molecule has 256 valence electrons. The molecule has 3 fully saturated rings. The third-order valence-corrected chi connectivity index (χ3v) is 10.5. The zero-order chi connectivity index (χ0) is 34.0. The summed E-state index contributed by atoms with van der Waals surface area (Å²) in [6.45, 7) is 7.03. The number of piperidine rings is 1. The van der Waals surface area contributed by atoms with Crippen molar-refractivity contribution >= 4 is 58.7 Å². The van der Waals surface area contributed by atoms with Gasteiger partial charge in [-0.15, -0.1) is 0 Å². The van der Waals surface area contributed by atoms with Gasteiger partial charge in [0.25, 0.3) is 0 Å². The van der Waals surface area contributed by atoms with Crippen molar-refractivity contribution < 1.29 is 33.4 Å². The number of carbonyl (C=O) groups is 4. The number of hydrogen-bond donors (Lipinski definition) is 1. The lowest BCUT2D eigenvalue weighted by Gasteiger charge is -2.52. The second-order valence-corrected chi connectivity index (χ2v) is 13.9. The molecule has 4 unspecified atom stereocenters. The summed E-state index contributed by atoms with van der Waals surface area (Å²) in [5.74, 6) is -1.92. The molecule has 1 aromatic rings. The number of halogens is 3. The molecule has 2 bridgehead atoms.